The lowest BCUT2D eigenvalue weighted by molar-refractivity contribution is -0.390. The highest BCUT2D eigenvalue weighted by Gasteiger charge is 2.17. The quantitative estimate of drug-likeness (QED) is 0.192. The van der Waals surface area contributed by atoms with Gasteiger partial charge in [-0.25, -0.2) is 0 Å². The molecule has 2 aromatic carbocycles. The molecule has 2 N–H and O–H groups in total. The Kier molecular flexibility index (Phi) is 12.1. The summed E-state index contributed by atoms with van der Waals surface area (Å²) in [5, 5.41) is 38.4. The molecule has 0 spiro atoms. The summed E-state index contributed by atoms with van der Waals surface area (Å²) in [5.41, 5.74) is 1.90. The highest BCUT2D eigenvalue weighted by molar-refractivity contribution is 9.10. The molecule has 11 nitrogen and oxygen atoms in total. The second-order valence-corrected chi connectivity index (χ2v) is 8.74. The lowest BCUT2D eigenvalue weighted by Crippen LogP contribution is -2.00. The Bertz CT molecular complexity index is 1310. The third-order valence-corrected chi connectivity index (χ3v) is 5.09. The van der Waals surface area contributed by atoms with Gasteiger partial charge in [0.1, 0.15) is 6.61 Å². The minimum absolute atomic E-state index is 0.140. The average Bonchev–Trinajstić information content (AvgIpc) is 2.89. The Hall–Kier alpha value is -3.94. The van der Waals surface area contributed by atoms with E-state index in [0.29, 0.717) is 8.95 Å². The number of halogens is 2. The van der Waals surface area contributed by atoms with Crippen molar-refractivity contribution in [3.8, 4) is 11.5 Å². The van der Waals surface area contributed by atoms with Crippen LogP contribution in [0, 0.1) is 20.2 Å². The minimum Gasteiger partial charge on any atom is -0.501 e. The van der Waals surface area contributed by atoms with E-state index in [4.69, 9.17) is 14.9 Å². The first-order chi connectivity index (χ1) is 17.7. The molecule has 192 valence electrons. The number of aliphatic hydroxyl groups excluding tert-OH is 1. The molecule has 0 aliphatic carbocycles. The predicted molar refractivity (Wildman–Crippen MR) is 142 cm³/mol. The van der Waals surface area contributed by atoms with E-state index in [-0.39, 0.29) is 24.8 Å². The van der Waals surface area contributed by atoms with Crippen LogP contribution in [0.4, 0.5) is 11.6 Å². The van der Waals surface area contributed by atoms with Gasteiger partial charge >= 0.3 is 11.6 Å². The number of hydrogen-bond donors (Lipinski definition) is 2. The predicted octanol–water partition coefficient (Wildman–Crippen LogP) is 5.97. The van der Waals surface area contributed by atoms with Crippen molar-refractivity contribution in [1.29, 1.82) is 0 Å². The molecule has 0 bridgehead atoms. The van der Waals surface area contributed by atoms with Crippen molar-refractivity contribution in [3.05, 3.63) is 125 Å². The topological polar surface area (TPSA) is 162 Å². The summed E-state index contributed by atoms with van der Waals surface area (Å²) in [6.45, 7) is 0.403. The highest BCUT2D eigenvalue weighted by atomic mass is 79.9. The number of hydrogen-bond acceptors (Lipinski definition) is 9. The van der Waals surface area contributed by atoms with Crippen LogP contribution in [-0.4, -0.2) is 30.0 Å². The van der Waals surface area contributed by atoms with E-state index in [1.165, 1.54) is 24.5 Å². The first-order valence-electron chi connectivity index (χ1n) is 10.3. The van der Waals surface area contributed by atoms with Crippen LogP contribution >= 0.6 is 31.9 Å². The fourth-order valence-corrected chi connectivity index (χ4v) is 3.17. The van der Waals surface area contributed by atoms with Crippen LogP contribution < -0.4 is 4.74 Å². The summed E-state index contributed by atoms with van der Waals surface area (Å²) in [6, 6.07) is 21.7. The molecule has 0 aliphatic rings. The molecule has 0 radical (unpaired) electrons. The van der Waals surface area contributed by atoms with Crippen molar-refractivity contribution >= 4 is 43.5 Å². The highest BCUT2D eigenvalue weighted by Crippen LogP contribution is 2.28. The van der Waals surface area contributed by atoms with Gasteiger partial charge in [0.15, 0.2) is 12.4 Å². The molecule has 0 amide bonds. The molecule has 2 heterocycles. The van der Waals surface area contributed by atoms with Gasteiger partial charge in [0, 0.05) is 12.1 Å². The summed E-state index contributed by atoms with van der Waals surface area (Å²) >= 11 is 6.21. The number of nitro groups is 2. The summed E-state index contributed by atoms with van der Waals surface area (Å²) < 4.78 is 6.57. The van der Waals surface area contributed by atoms with Gasteiger partial charge in [0.2, 0.25) is 11.5 Å². The molecular weight excluding hydrogens is 616 g/mol. The van der Waals surface area contributed by atoms with Crippen LogP contribution in [0.5, 0.6) is 11.5 Å². The summed E-state index contributed by atoms with van der Waals surface area (Å²) in [6.07, 6.45) is 2.62. The van der Waals surface area contributed by atoms with E-state index in [1.807, 2.05) is 60.7 Å². The van der Waals surface area contributed by atoms with Crippen molar-refractivity contribution in [3.63, 3.8) is 0 Å². The number of aromatic hydroxyl groups is 1. The summed E-state index contributed by atoms with van der Waals surface area (Å²) in [5.74, 6) is -1.11. The third-order valence-electron chi connectivity index (χ3n) is 4.22. The summed E-state index contributed by atoms with van der Waals surface area (Å²) in [4.78, 5) is 26.7. The third kappa shape index (κ3) is 10.3. The standard InChI is InChI=1S/C12H9BrN2O3.C7H8O.C5H3BrN2O3/c13-10-6-11(12(14-7-10)15(16)17)18-8-9-4-2-1-3-5-9;8-6-7-4-2-1-3-5-7;6-3-1-4(9)5(7-2-3)8(10)11/h1-7H,8H2;1-5,8H,6H2;1-2,9H. The number of aliphatic hydroxyl groups is 1. The lowest BCUT2D eigenvalue weighted by Gasteiger charge is -2.06. The molecule has 0 unspecified atom stereocenters. The fourth-order valence-electron chi connectivity index (χ4n) is 2.54. The van der Waals surface area contributed by atoms with Crippen LogP contribution in [0.3, 0.4) is 0 Å². The van der Waals surface area contributed by atoms with Gasteiger partial charge < -0.3 is 35.2 Å². The van der Waals surface area contributed by atoms with Gasteiger partial charge in [-0.15, -0.1) is 0 Å². The van der Waals surface area contributed by atoms with Crippen LogP contribution in [0.2, 0.25) is 0 Å². The van der Waals surface area contributed by atoms with Gasteiger partial charge in [0.25, 0.3) is 0 Å². The van der Waals surface area contributed by atoms with Crippen molar-refractivity contribution in [1.82, 2.24) is 9.97 Å². The molecule has 2 aromatic heterocycles. The molecule has 0 fully saturated rings. The van der Waals surface area contributed by atoms with Crippen molar-refractivity contribution < 1.29 is 24.8 Å². The van der Waals surface area contributed by atoms with E-state index in [0.717, 1.165) is 11.1 Å². The Morgan fingerprint density at radius 1 is 0.784 bits per heavy atom. The first kappa shape index (κ1) is 29.3. The normalized spacial score (nSPS) is 9.70. The number of rotatable bonds is 6. The monoisotopic (exact) mass is 634 g/mol. The smallest absolute Gasteiger partial charge is 0.406 e. The zero-order chi connectivity index (χ0) is 27.2. The van der Waals surface area contributed by atoms with E-state index >= 15 is 0 Å². The zero-order valence-electron chi connectivity index (χ0n) is 19.0. The van der Waals surface area contributed by atoms with Crippen molar-refractivity contribution in [2.24, 2.45) is 0 Å². The molecule has 0 atom stereocenters. The molecule has 37 heavy (non-hydrogen) atoms. The zero-order valence-corrected chi connectivity index (χ0v) is 22.1. The first-order valence-corrected chi connectivity index (χ1v) is 11.9. The van der Waals surface area contributed by atoms with E-state index in [9.17, 15) is 20.2 Å². The van der Waals surface area contributed by atoms with E-state index in [2.05, 4.69) is 41.8 Å². The van der Waals surface area contributed by atoms with Crippen LogP contribution in [0.25, 0.3) is 0 Å². The van der Waals surface area contributed by atoms with Gasteiger partial charge in [-0.3, -0.25) is 0 Å². The molecule has 0 saturated heterocycles. The number of benzene rings is 2. The summed E-state index contributed by atoms with van der Waals surface area (Å²) in [7, 11) is 0. The largest absolute Gasteiger partial charge is 0.501 e. The maximum absolute atomic E-state index is 10.8. The lowest BCUT2D eigenvalue weighted by atomic mass is 10.2. The van der Waals surface area contributed by atoms with Gasteiger partial charge in [-0.05, 0) is 62.8 Å². The Morgan fingerprint density at radius 3 is 1.73 bits per heavy atom. The second-order valence-electron chi connectivity index (χ2n) is 6.90. The minimum atomic E-state index is -0.748. The van der Waals surface area contributed by atoms with E-state index < -0.39 is 21.4 Å². The number of ether oxygens (including phenoxy) is 1. The number of aromatic nitrogens is 2. The maximum atomic E-state index is 10.8. The van der Waals surface area contributed by atoms with Crippen LogP contribution in [0.1, 0.15) is 11.1 Å². The van der Waals surface area contributed by atoms with Gasteiger partial charge in [-0.2, -0.15) is 0 Å². The molecular formula is C24H20Br2N4O7. The second kappa shape index (κ2) is 15.2. The Labute approximate surface area is 228 Å². The molecule has 0 aliphatic heterocycles. The van der Waals surface area contributed by atoms with Gasteiger partial charge in [-0.1, -0.05) is 60.7 Å². The maximum Gasteiger partial charge on any atom is 0.406 e. The average molecular weight is 636 g/mol. The number of nitrogens with zero attached hydrogens (tertiary/aromatic N) is 4. The van der Waals surface area contributed by atoms with Crippen molar-refractivity contribution in [2.45, 2.75) is 13.2 Å². The number of pyridine rings is 2. The molecule has 0 saturated carbocycles. The Morgan fingerprint density at radius 2 is 1.27 bits per heavy atom. The SMILES string of the molecule is O=[N+]([O-])c1ncc(Br)cc1O.O=[N+]([O-])c1ncc(Br)cc1OCc1ccccc1.OCc1ccccc1. The fraction of sp³-hybridized carbons (Fsp3) is 0.0833. The van der Waals surface area contributed by atoms with Gasteiger partial charge in [0.05, 0.1) is 15.6 Å². The Balaban J connectivity index is 0.000000215. The molecule has 13 heteroatoms. The van der Waals surface area contributed by atoms with Crippen LogP contribution in [0.15, 0.2) is 94.1 Å². The molecule has 4 rings (SSSR count). The van der Waals surface area contributed by atoms with E-state index in [1.54, 1.807) is 0 Å². The van der Waals surface area contributed by atoms with Crippen molar-refractivity contribution in [2.75, 3.05) is 0 Å². The van der Waals surface area contributed by atoms with Crippen LogP contribution in [-0.2, 0) is 13.2 Å². The molecule has 4 aromatic rings.